The first kappa shape index (κ1) is 12.5. The number of aliphatic hydroxyl groups is 1. The van der Waals surface area contributed by atoms with Crippen LogP contribution in [0.5, 0.6) is 0 Å². The van der Waals surface area contributed by atoms with Gasteiger partial charge >= 0.3 is 0 Å². The maximum atomic E-state index is 9.26. The van der Waals surface area contributed by atoms with Crippen molar-refractivity contribution in [1.29, 1.82) is 0 Å². The lowest BCUT2D eigenvalue weighted by atomic mass is 10.0. The fourth-order valence-corrected chi connectivity index (χ4v) is 1.32. The second kappa shape index (κ2) is 6.94. The van der Waals surface area contributed by atoms with E-state index in [0.717, 1.165) is 12.8 Å². The lowest BCUT2D eigenvalue weighted by Crippen LogP contribution is -2.01. The van der Waals surface area contributed by atoms with Crippen molar-refractivity contribution in [3.8, 4) is 0 Å². The standard InChI is InChI=1S/C12H22O/c1-5-6-7-12(8-10(2)3)9-11(4)13/h11,13H,5-7,9H2,1-4H3/t11-/m0/s1. The molecule has 0 bridgehead atoms. The molecule has 0 heterocycles. The molecule has 0 saturated carbocycles. The lowest BCUT2D eigenvalue weighted by molar-refractivity contribution is 0.194. The fraction of sp³-hybridized carbons (Fsp3) is 0.750. The number of hydrogen-bond donors (Lipinski definition) is 1. The average Bonchev–Trinajstić information content (AvgIpc) is 1.98. The molecule has 0 spiro atoms. The van der Waals surface area contributed by atoms with E-state index in [2.05, 4.69) is 12.7 Å². The van der Waals surface area contributed by atoms with Crippen LogP contribution in [0.1, 0.15) is 53.4 Å². The van der Waals surface area contributed by atoms with Gasteiger partial charge < -0.3 is 5.11 Å². The normalized spacial score (nSPS) is 12.1. The Morgan fingerprint density at radius 2 is 2.00 bits per heavy atom. The molecule has 0 radical (unpaired) electrons. The molecular weight excluding hydrogens is 160 g/mol. The molecule has 1 nitrogen and oxygen atoms in total. The third kappa shape index (κ3) is 7.83. The van der Waals surface area contributed by atoms with Gasteiger partial charge in [-0.15, -0.1) is 5.73 Å². The summed E-state index contributed by atoms with van der Waals surface area (Å²) in [6, 6.07) is 0. The summed E-state index contributed by atoms with van der Waals surface area (Å²) >= 11 is 0. The summed E-state index contributed by atoms with van der Waals surface area (Å²) < 4.78 is 0. The second-order valence-electron chi connectivity index (χ2n) is 3.89. The zero-order valence-corrected chi connectivity index (χ0v) is 9.35. The Hall–Kier alpha value is -0.520. The van der Waals surface area contributed by atoms with Gasteiger partial charge in [0.15, 0.2) is 0 Å². The lowest BCUT2D eigenvalue weighted by Gasteiger charge is -2.06. The minimum Gasteiger partial charge on any atom is -0.393 e. The van der Waals surface area contributed by atoms with Crippen molar-refractivity contribution >= 4 is 0 Å². The van der Waals surface area contributed by atoms with Crippen LogP contribution >= 0.6 is 0 Å². The molecule has 0 aromatic heterocycles. The first-order valence-electron chi connectivity index (χ1n) is 5.16. The average molecular weight is 182 g/mol. The highest BCUT2D eigenvalue weighted by molar-refractivity contribution is 5.07. The van der Waals surface area contributed by atoms with Gasteiger partial charge in [-0.25, -0.2) is 0 Å². The van der Waals surface area contributed by atoms with E-state index in [1.54, 1.807) is 0 Å². The highest BCUT2D eigenvalue weighted by Gasteiger charge is 2.01. The molecule has 76 valence electrons. The Kier molecular flexibility index (Phi) is 6.66. The van der Waals surface area contributed by atoms with Crippen molar-refractivity contribution in [2.24, 2.45) is 0 Å². The zero-order chi connectivity index (χ0) is 10.3. The summed E-state index contributed by atoms with van der Waals surface area (Å²) in [6.07, 6.45) is 4.01. The van der Waals surface area contributed by atoms with Gasteiger partial charge in [-0.1, -0.05) is 13.3 Å². The molecule has 0 aromatic carbocycles. The molecule has 13 heavy (non-hydrogen) atoms. The van der Waals surface area contributed by atoms with E-state index in [0.29, 0.717) is 0 Å². The molecule has 0 unspecified atom stereocenters. The van der Waals surface area contributed by atoms with Gasteiger partial charge in [-0.05, 0) is 44.8 Å². The third-order valence-electron chi connectivity index (χ3n) is 1.80. The van der Waals surface area contributed by atoms with E-state index in [4.69, 9.17) is 0 Å². The molecule has 0 rings (SSSR count). The van der Waals surface area contributed by atoms with Crippen LogP contribution in [0.2, 0.25) is 0 Å². The zero-order valence-electron chi connectivity index (χ0n) is 9.35. The monoisotopic (exact) mass is 182 g/mol. The smallest absolute Gasteiger partial charge is 0.0555 e. The van der Waals surface area contributed by atoms with E-state index < -0.39 is 0 Å². The van der Waals surface area contributed by atoms with Crippen LogP contribution < -0.4 is 0 Å². The van der Waals surface area contributed by atoms with Crippen LogP contribution in [-0.4, -0.2) is 11.2 Å². The Balaban J connectivity index is 4.29. The fourth-order valence-electron chi connectivity index (χ4n) is 1.32. The molecule has 0 aromatic rings. The molecule has 0 aliphatic heterocycles. The van der Waals surface area contributed by atoms with Crippen molar-refractivity contribution in [2.75, 3.05) is 0 Å². The Labute approximate surface area is 82.2 Å². The predicted molar refractivity (Wildman–Crippen MR) is 57.7 cm³/mol. The summed E-state index contributed by atoms with van der Waals surface area (Å²) in [5, 5.41) is 9.26. The van der Waals surface area contributed by atoms with Crippen LogP contribution in [0.4, 0.5) is 0 Å². The Morgan fingerprint density at radius 1 is 1.38 bits per heavy atom. The SMILES string of the molecule is CCCCC(=C=C(C)C)C[C@H](C)O. The molecule has 0 fully saturated rings. The van der Waals surface area contributed by atoms with Crippen LogP contribution in [-0.2, 0) is 0 Å². The number of rotatable bonds is 5. The molecule has 1 atom stereocenters. The van der Waals surface area contributed by atoms with Crippen molar-refractivity contribution < 1.29 is 5.11 Å². The molecule has 0 saturated heterocycles. The molecule has 0 aliphatic carbocycles. The van der Waals surface area contributed by atoms with E-state index in [1.165, 1.54) is 24.0 Å². The molecule has 0 amide bonds. The maximum absolute atomic E-state index is 9.26. The van der Waals surface area contributed by atoms with Crippen LogP contribution in [0.25, 0.3) is 0 Å². The molecule has 1 N–H and O–H groups in total. The Morgan fingerprint density at radius 3 is 2.38 bits per heavy atom. The van der Waals surface area contributed by atoms with Crippen molar-refractivity contribution in [3.05, 3.63) is 16.9 Å². The van der Waals surface area contributed by atoms with Crippen LogP contribution in [0.3, 0.4) is 0 Å². The molecule has 1 heteroatoms. The van der Waals surface area contributed by atoms with Gasteiger partial charge in [0.25, 0.3) is 0 Å². The minimum absolute atomic E-state index is 0.237. The maximum Gasteiger partial charge on any atom is 0.0555 e. The van der Waals surface area contributed by atoms with Gasteiger partial charge in [0.05, 0.1) is 6.10 Å². The third-order valence-corrected chi connectivity index (χ3v) is 1.80. The first-order chi connectivity index (χ1) is 6.06. The quantitative estimate of drug-likeness (QED) is 0.646. The van der Waals surface area contributed by atoms with Gasteiger partial charge in [-0.2, -0.15) is 0 Å². The van der Waals surface area contributed by atoms with Crippen LogP contribution in [0, 0.1) is 0 Å². The minimum atomic E-state index is -0.237. The predicted octanol–water partition coefficient (Wildman–Crippen LogP) is 3.44. The van der Waals surface area contributed by atoms with Gasteiger partial charge in [0.1, 0.15) is 0 Å². The van der Waals surface area contributed by atoms with Gasteiger partial charge in [0, 0.05) is 6.42 Å². The first-order valence-corrected chi connectivity index (χ1v) is 5.16. The topological polar surface area (TPSA) is 20.2 Å². The summed E-state index contributed by atoms with van der Waals surface area (Å²) in [6.45, 7) is 8.11. The number of aliphatic hydroxyl groups excluding tert-OH is 1. The summed E-state index contributed by atoms with van der Waals surface area (Å²) in [7, 11) is 0. The summed E-state index contributed by atoms with van der Waals surface area (Å²) in [4.78, 5) is 0. The van der Waals surface area contributed by atoms with E-state index in [-0.39, 0.29) is 6.10 Å². The highest BCUT2D eigenvalue weighted by atomic mass is 16.3. The Bertz CT molecular complexity index is 191. The van der Waals surface area contributed by atoms with E-state index in [9.17, 15) is 5.11 Å². The van der Waals surface area contributed by atoms with Crippen molar-refractivity contribution in [1.82, 2.24) is 0 Å². The van der Waals surface area contributed by atoms with Gasteiger partial charge in [0.2, 0.25) is 0 Å². The van der Waals surface area contributed by atoms with Crippen LogP contribution in [0.15, 0.2) is 16.9 Å². The second-order valence-corrected chi connectivity index (χ2v) is 3.89. The van der Waals surface area contributed by atoms with E-state index in [1.807, 2.05) is 20.8 Å². The van der Waals surface area contributed by atoms with Crippen molar-refractivity contribution in [2.45, 2.75) is 59.5 Å². The highest BCUT2D eigenvalue weighted by Crippen LogP contribution is 2.13. The van der Waals surface area contributed by atoms with E-state index >= 15 is 0 Å². The largest absolute Gasteiger partial charge is 0.393 e. The van der Waals surface area contributed by atoms with Gasteiger partial charge in [-0.3, -0.25) is 0 Å². The molecular formula is C12H22O. The summed E-state index contributed by atoms with van der Waals surface area (Å²) in [5.41, 5.74) is 5.78. The summed E-state index contributed by atoms with van der Waals surface area (Å²) in [5.74, 6) is 0. The number of unbranched alkanes of at least 4 members (excludes halogenated alkanes) is 1. The molecule has 0 aliphatic rings. The van der Waals surface area contributed by atoms with Crippen molar-refractivity contribution in [3.63, 3.8) is 0 Å². The number of hydrogen-bond acceptors (Lipinski definition) is 1.